The number of carbonyl (C=O) groups excluding carboxylic acids is 1. The van der Waals surface area contributed by atoms with E-state index in [1.807, 2.05) is 18.2 Å². The molecular formula is C12H13N3O2. The van der Waals surface area contributed by atoms with Crippen LogP contribution < -0.4 is 10.2 Å². The molecule has 0 aromatic heterocycles. The van der Waals surface area contributed by atoms with Gasteiger partial charge in [-0.3, -0.25) is 10.2 Å². The van der Waals surface area contributed by atoms with E-state index < -0.39 is 6.04 Å². The molecule has 1 saturated heterocycles. The molecule has 1 unspecified atom stereocenters. The Bertz CT molecular complexity index is 467. The summed E-state index contributed by atoms with van der Waals surface area (Å²) in [5.41, 5.74) is 3.43. The van der Waals surface area contributed by atoms with Gasteiger partial charge in [-0.1, -0.05) is 18.2 Å². The normalized spacial score (nSPS) is 17.3. The van der Waals surface area contributed by atoms with E-state index in [2.05, 4.69) is 11.5 Å². The zero-order chi connectivity index (χ0) is 12.3. The lowest BCUT2D eigenvalue weighted by atomic mass is 10.1. The predicted molar refractivity (Wildman–Crippen MR) is 60.8 cm³/mol. The first-order valence-electron chi connectivity index (χ1n) is 5.35. The van der Waals surface area contributed by atoms with E-state index in [1.165, 1.54) is 0 Å². The molecule has 5 heteroatoms. The molecule has 5 nitrogen and oxygen atoms in total. The number of ether oxygens (including phenoxy) is 1. The summed E-state index contributed by atoms with van der Waals surface area (Å²) in [5.74, 6) is 0.598. The van der Waals surface area contributed by atoms with Crippen LogP contribution in [0.5, 0.6) is 5.75 Å². The highest BCUT2D eigenvalue weighted by Gasteiger charge is 2.28. The third-order valence-corrected chi connectivity index (χ3v) is 2.72. The van der Waals surface area contributed by atoms with Crippen molar-refractivity contribution < 1.29 is 9.53 Å². The van der Waals surface area contributed by atoms with E-state index >= 15 is 0 Å². The first-order valence-corrected chi connectivity index (χ1v) is 5.35. The lowest BCUT2D eigenvalue weighted by molar-refractivity contribution is -0.121. The maximum absolute atomic E-state index is 11.2. The molecule has 1 N–H and O–H groups in total. The Kier molecular flexibility index (Phi) is 3.26. The fourth-order valence-electron chi connectivity index (χ4n) is 1.89. The van der Waals surface area contributed by atoms with Crippen LogP contribution in [0.4, 0.5) is 0 Å². The van der Waals surface area contributed by atoms with Crippen molar-refractivity contribution in [2.75, 3.05) is 13.7 Å². The number of nitrogens with zero attached hydrogens (tertiary/aromatic N) is 2. The van der Waals surface area contributed by atoms with Gasteiger partial charge in [-0.25, -0.2) is 0 Å². The van der Waals surface area contributed by atoms with Crippen LogP contribution in [-0.2, 0) is 4.79 Å². The van der Waals surface area contributed by atoms with Crippen molar-refractivity contribution in [1.82, 2.24) is 10.4 Å². The number of hydrazine groups is 1. The third kappa shape index (κ3) is 2.22. The second kappa shape index (κ2) is 4.85. The minimum absolute atomic E-state index is 0.0554. The second-order valence-corrected chi connectivity index (χ2v) is 3.75. The van der Waals surface area contributed by atoms with Crippen molar-refractivity contribution in [3.05, 3.63) is 29.8 Å². The molecule has 0 radical (unpaired) electrons. The highest BCUT2D eigenvalue weighted by Crippen LogP contribution is 2.28. The average molecular weight is 231 g/mol. The molecule has 1 aromatic carbocycles. The van der Waals surface area contributed by atoms with E-state index in [9.17, 15) is 10.1 Å². The quantitative estimate of drug-likeness (QED) is 0.842. The predicted octanol–water partition coefficient (Wildman–Crippen LogP) is 0.997. The van der Waals surface area contributed by atoms with Crippen molar-refractivity contribution in [3.8, 4) is 11.8 Å². The van der Waals surface area contributed by atoms with E-state index in [0.717, 1.165) is 5.56 Å². The topological polar surface area (TPSA) is 65.4 Å². The van der Waals surface area contributed by atoms with Crippen LogP contribution in [0, 0.1) is 11.3 Å². The Balaban J connectivity index is 2.29. The van der Waals surface area contributed by atoms with Gasteiger partial charge in [-0.2, -0.15) is 10.3 Å². The highest BCUT2D eigenvalue weighted by molar-refractivity contribution is 5.77. The van der Waals surface area contributed by atoms with Gasteiger partial charge in [0.05, 0.1) is 13.2 Å². The van der Waals surface area contributed by atoms with Gasteiger partial charge in [-0.15, -0.1) is 0 Å². The molecule has 1 atom stereocenters. The molecule has 1 amide bonds. The Morgan fingerprint density at radius 3 is 2.88 bits per heavy atom. The Morgan fingerprint density at radius 2 is 2.29 bits per heavy atom. The molecule has 2 rings (SSSR count). The number of para-hydroxylation sites is 1. The summed E-state index contributed by atoms with van der Waals surface area (Å²) in [7, 11) is 1.57. The largest absolute Gasteiger partial charge is 0.496 e. The van der Waals surface area contributed by atoms with Gasteiger partial charge < -0.3 is 4.74 Å². The number of amides is 1. The van der Waals surface area contributed by atoms with Crippen LogP contribution >= 0.6 is 0 Å². The summed E-state index contributed by atoms with van der Waals surface area (Å²) in [6.45, 7) is 0.537. The lowest BCUT2D eigenvalue weighted by Gasteiger charge is -2.22. The molecule has 0 bridgehead atoms. The number of carbonyl (C=O) groups is 1. The maximum atomic E-state index is 11.2. The lowest BCUT2D eigenvalue weighted by Crippen LogP contribution is -2.36. The van der Waals surface area contributed by atoms with E-state index in [4.69, 9.17) is 4.74 Å². The fourth-order valence-corrected chi connectivity index (χ4v) is 1.89. The van der Waals surface area contributed by atoms with Crippen LogP contribution in [0.3, 0.4) is 0 Å². The molecule has 0 spiro atoms. The van der Waals surface area contributed by atoms with Gasteiger partial charge in [0, 0.05) is 18.5 Å². The molecule has 1 heterocycles. The summed E-state index contributed by atoms with van der Waals surface area (Å²) in [5, 5.41) is 10.9. The van der Waals surface area contributed by atoms with Gasteiger partial charge in [0.15, 0.2) is 0 Å². The van der Waals surface area contributed by atoms with Crippen LogP contribution in [0.25, 0.3) is 0 Å². The van der Waals surface area contributed by atoms with E-state index in [1.54, 1.807) is 18.2 Å². The van der Waals surface area contributed by atoms with Gasteiger partial charge in [0.25, 0.3) is 0 Å². The molecule has 1 aliphatic heterocycles. The SMILES string of the molecule is COc1ccccc1C(C#N)N1CCC(=O)N1. The number of methoxy groups -OCH3 is 1. The first-order chi connectivity index (χ1) is 8.26. The number of nitriles is 1. The minimum atomic E-state index is -0.516. The van der Waals surface area contributed by atoms with E-state index in [0.29, 0.717) is 18.7 Å². The van der Waals surface area contributed by atoms with Crippen molar-refractivity contribution in [2.24, 2.45) is 0 Å². The van der Waals surface area contributed by atoms with Gasteiger partial charge >= 0.3 is 0 Å². The van der Waals surface area contributed by atoms with Crippen molar-refractivity contribution in [1.29, 1.82) is 5.26 Å². The molecular weight excluding hydrogens is 218 g/mol. The summed E-state index contributed by atoms with van der Waals surface area (Å²) in [6.07, 6.45) is 0.424. The number of rotatable bonds is 3. The molecule has 88 valence electrons. The van der Waals surface area contributed by atoms with E-state index in [-0.39, 0.29) is 5.91 Å². The zero-order valence-electron chi connectivity index (χ0n) is 9.51. The summed E-state index contributed by atoms with van der Waals surface area (Å²) in [4.78, 5) is 11.2. The van der Waals surface area contributed by atoms with Crippen molar-refractivity contribution in [2.45, 2.75) is 12.5 Å². The Morgan fingerprint density at radius 1 is 1.53 bits per heavy atom. The number of hydrogen-bond donors (Lipinski definition) is 1. The number of hydrogen-bond acceptors (Lipinski definition) is 4. The van der Waals surface area contributed by atoms with Gasteiger partial charge in [0.2, 0.25) is 5.91 Å². The maximum Gasteiger partial charge on any atom is 0.235 e. The summed E-state index contributed by atoms with van der Waals surface area (Å²) >= 11 is 0. The summed E-state index contributed by atoms with van der Waals surface area (Å²) in [6, 6.07) is 9.00. The second-order valence-electron chi connectivity index (χ2n) is 3.75. The third-order valence-electron chi connectivity index (χ3n) is 2.72. The minimum Gasteiger partial charge on any atom is -0.496 e. The zero-order valence-corrected chi connectivity index (χ0v) is 9.51. The molecule has 1 fully saturated rings. The van der Waals surface area contributed by atoms with Gasteiger partial charge in [0.1, 0.15) is 11.8 Å². The average Bonchev–Trinajstić information content (AvgIpc) is 2.77. The van der Waals surface area contributed by atoms with Crippen molar-refractivity contribution >= 4 is 5.91 Å². The molecule has 0 saturated carbocycles. The van der Waals surface area contributed by atoms with Crippen LogP contribution in [0.1, 0.15) is 18.0 Å². The monoisotopic (exact) mass is 231 g/mol. The molecule has 1 aromatic rings. The van der Waals surface area contributed by atoms with Crippen LogP contribution in [0.15, 0.2) is 24.3 Å². The van der Waals surface area contributed by atoms with Gasteiger partial charge in [-0.05, 0) is 6.07 Å². The fraction of sp³-hybridized carbons (Fsp3) is 0.333. The summed E-state index contributed by atoms with van der Waals surface area (Å²) < 4.78 is 5.22. The van der Waals surface area contributed by atoms with Crippen molar-refractivity contribution in [3.63, 3.8) is 0 Å². The number of nitrogens with one attached hydrogen (secondary N) is 1. The Hall–Kier alpha value is -2.06. The smallest absolute Gasteiger partial charge is 0.235 e. The molecule has 1 aliphatic rings. The number of benzene rings is 1. The molecule has 17 heavy (non-hydrogen) atoms. The Labute approximate surface area is 99.6 Å². The molecule has 0 aliphatic carbocycles. The van der Waals surface area contributed by atoms with Crippen LogP contribution in [-0.4, -0.2) is 24.6 Å². The van der Waals surface area contributed by atoms with Crippen LogP contribution in [0.2, 0.25) is 0 Å². The standard InChI is InChI=1S/C12H13N3O2/c1-17-11-5-3-2-4-9(11)10(8-13)15-7-6-12(16)14-15/h2-5,10H,6-7H2,1H3,(H,14,16). The highest BCUT2D eigenvalue weighted by atomic mass is 16.5. The first kappa shape index (κ1) is 11.4.